The van der Waals surface area contributed by atoms with Gasteiger partial charge in [-0.1, -0.05) is 23.2 Å². The van der Waals surface area contributed by atoms with Crippen molar-refractivity contribution in [3.8, 4) is 11.3 Å². The van der Waals surface area contributed by atoms with E-state index in [9.17, 15) is 13.5 Å². The molecule has 9 nitrogen and oxygen atoms in total. The fourth-order valence-electron chi connectivity index (χ4n) is 2.39. The van der Waals surface area contributed by atoms with Gasteiger partial charge in [-0.05, 0) is 38.1 Å². The second kappa shape index (κ2) is 7.88. The molecule has 12 heteroatoms. The number of nitrogens with two attached hydrogens (primary N) is 1. The lowest BCUT2D eigenvalue weighted by atomic mass is 10.1. The van der Waals surface area contributed by atoms with Crippen molar-refractivity contribution in [2.45, 2.75) is 29.8 Å². The molecule has 1 atom stereocenters. The van der Waals surface area contributed by atoms with Crippen LogP contribution in [0.25, 0.3) is 11.3 Å². The van der Waals surface area contributed by atoms with Gasteiger partial charge in [-0.25, -0.2) is 23.5 Å². The van der Waals surface area contributed by atoms with Crippen LogP contribution in [0.15, 0.2) is 47.8 Å². The number of aliphatic hydroxyl groups is 1. The Morgan fingerprint density at radius 3 is 2.48 bits per heavy atom. The molecule has 0 fully saturated rings. The van der Waals surface area contributed by atoms with Gasteiger partial charge in [0, 0.05) is 17.4 Å². The second-order valence-corrected chi connectivity index (χ2v) is 9.17. The van der Waals surface area contributed by atoms with Crippen molar-refractivity contribution >= 4 is 44.9 Å². The van der Waals surface area contributed by atoms with Gasteiger partial charge in [0.2, 0.25) is 16.0 Å². The van der Waals surface area contributed by atoms with E-state index in [1.165, 1.54) is 41.3 Å². The van der Waals surface area contributed by atoms with Crippen LogP contribution in [0.1, 0.15) is 19.3 Å². The number of hydrogen-bond acceptors (Lipinski definition) is 7. The number of alkyl halides is 1. The van der Waals surface area contributed by atoms with Gasteiger partial charge in [-0.2, -0.15) is 5.10 Å². The summed E-state index contributed by atoms with van der Waals surface area (Å²) < 4.78 is 24.1. The first-order valence-corrected chi connectivity index (χ1v) is 10.6. The summed E-state index contributed by atoms with van der Waals surface area (Å²) in [4.78, 5) is 8.51. The molecule has 1 unspecified atom stereocenters. The number of primary sulfonamides is 1. The first kappa shape index (κ1) is 21.5. The Kier molecular flexibility index (Phi) is 5.84. The van der Waals surface area contributed by atoms with Crippen LogP contribution in [-0.4, -0.2) is 38.9 Å². The number of benzene rings is 1. The molecule has 29 heavy (non-hydrogen) atoms. The molecule has 0 amide bonds. The average molecular weight is 457 g/mol. The zero-order valence-corrected chi connectivity index (χ0v) is 17.7. The molecule has 2 heterocycles. The largest absolute Gasteiger partial charge is 0.387 e. The molecule has 154 valence electrons. The fraction of sp³-hybridized carbons (Fsp3) is 0.235. The van der Waals surface area contributed by atoms with Gasteiger partial charge in [0.25, 0.3) is 0 Å². The topological polar surface area (TPSA) is 136 Å². The third-order valence-corrected chi connectivity index (χ3v) is 5.81. The number of hydrogen-bond donors (Lipinski definition) is 3. The average Bonchev–Trinajstić information content (AvgIpc) is 3.11. The van der Waals surface area contributed by atoms with E-state index in [0.29, 0.717) is 22.0 Å². The highest BCUT2D eigenvalue weighted by Gasteiger charge is 2.27. The highest BCUT2D eigenvalue weighted by molar-refractivity contribution is 7.89. The maximum Gasteiger partial charge on any atom is 0.238 e. The Hall–Kier alpha value is -2.24. The highest BCUT2D eigenvalue weighted by atomic mass is 35.5. The quantitative estimate of drug-likeness (QED) is 0.484. The van der Waals surface area contributed by atoms with Crippen LogP contribution in [-0.2, 0) is 10.0 Å². The lowest BCUT2D eigenvalue weighted by molar-refractivity contribution is 0.0505. The van der Waals surface area contributed by atoms with Crippen molar-refractivity contribution in [2.24, 2.45) is 5.14 Å². The van der Waals surface area contributed by atoms with Crippen LogP contribution >= 0.6 is 23.2 Å². The third kappa shape index (κ3) is 5.03. The molecule has 3 aromatic rings. The van der Waals surface area contributed by atoms with E-state index < -0.39 is 21.1 Å². The summed E-state index contributed by atoms with van der Waals surface area (Å²) in [5.41, 5.74) is -0.414. The van der Waals surface area contributed by atoms with Crippen molar-refractivity contribution in [2.75, 3.05) is 5.32 Å². The molecule has 0 bridgehead atoms. The molecule has 0 aliphatic heterocycles. The second-order valence-electron chi connectivity index (χ2n) is 6.78. The number of nitrogens with one attached hydrogen (secondary N) is 1. The Balaban J connectivity index is 1.86. The molecular weight excluding hydrogens is 439 g/mol. The summed E-state index contributed by atoms with van der Waals surface area (Å²) >= 11 is 12.5. The zero-order chi connectivity index (χ0) is 21.4. The van der Waals surface area contributed by atoms with Crippen LogP contribution in [0.2, 0.25) is 5.02 Å². The summed E-state index contributed by atoms with van der Waals surface area (Å²) in [5.74, 6) is 0.241. The summed E-state index contributed by atoms with van der Waals surface area (Å²) in [6.07, 6.45) is 4.57. The van der Waals surface area contributed by atoms with E-state index in [2.05, 4.69) is 20.4 Å². The first-order valence-electron chi connectivity index (χ1n) is 8.28. The predicted molar refractivity (Wildman–Crippen MR) is 111 cm³/mol. The van der Waals surface area contributed by atoms with Crippen LogP contribution in [0.3, 0.4) is 0 Å². The zero-order valence-electron chi connectivity index (χ0n) is 15.4. The monoisotopic (exact) mass is 456 g/mol. The Morgan fingerprint density at radius 2 is 1.90 bits per heavy atom. The van der Waals surface area contributed by atoms with Gasteiger partial charge in [0.1, 0.15) is 0 Å². The van der Waals surface area contributed by atoms with Gasteiger partial charge in [0.15, 0.2) is 5.50 Å². The maximum atomic E-state index is 11.3. The maximum absolute atomic E-state index is 11.3. The molecule has 2 aromatic heterocycles. The number of aromatic nitrogens is 4. The highest BCUT2D eigenvalue weighted by Crippen LogP contribution is 2.30. The van der Waals surface area contributed by atoms with Gasteiger partial charge in [0.05, 0.1) is 33.6 Å². The Labute approximate surface area is 177 Å². The smallest absolute Gasteiger partial charge is 0.238 e. The standard InChI is InChI=1S/C17H18Cl2N6O3S/c1-17(2,26)15(19)25-9-10(7-22-25)14-13(18)8-21-16(24-14)23-11-3-5-12(6-4-11)29(20,27)28/h3-9,15,26H,1-2H3,(H2,20,27,28)(H,21,23,24). The lowest BCUT2D eigenvalue weighted by Gasteiger charge is -2.23. The summed E-state index contributed by atoms with van der Waals surface area (Å²) in [6, 6.07) is 5.82. The van der Waals surface area contributed by atoms with E-state index in [1.54, 1.807) is 20.0 Å². The van der Waals surface area contributed by atoms with E-state index in [4.69, 9.17) is 28.3 Å². The van der Waals surface area contributed by atoms with E-state index in [-0.39, 0.29) is 10.8 Å². The summed E-state index contributed by atoms with van der Waals surface area (Å²) in [5, 5.41) is 22.6. The number of sulfonamides is 1. The van der Waals surface area contributed by atoms with Crippen LogP contribution in [0.4, 0.5) is 11.6 Å². The van der Waals surface area contributed by atoms with Crippen molar-refractivity contribution < 1.29 is 13.5 Å². The predicted octanol–water partition coefficient (Wildman–Crippen LogP) is 2.89. The number of halogens is 2. The molecule has 0 aliphatic rings. The molecular formula is C17H18Cl2N6O3S. The normalized spacial score (nSPS) is 13.3. The van der Waals surface area contributed by atoms with Gasteiger partial charge < -0.3 is 10.4 Å². The number of nitrogens with zero attached hydrogens (tertiary/aromatic N) is 4. The summed E-state index contributed by atoms with van der Waals surface area (Å²) in [6.45, 7) is 3.15. The van der Waals surface area contributed by atoms with Gasteiger partial charge in [-0.3, -0.25) is 4.68 Å². The van der Waals surface area contributed by atoms with Crippen LogP contribution in [0, 0.1) is 0 Å². The van der Waals surface area contributed by atoms with Crippen molar-refractivity contribution in [1.29, 1.82) is 0 Å². The van der Waals surface area contributed by atoms with Gasteiger partial charge >= 0.3 is 0 Å². The SMILES string of the molecule is CC(C)(O)C(Cl)n1cc(-c2nc(Nc3ccc(S(N)(=O)=O)cc3)ncc2Cl)cn1. The minimum Gasteiger partial charge on any atom is -0.387 e. The van der Waals surface area contributed by atoms with E-state index >= 15 is 0 Å². The molecule has 3 rings (SSSR count). The van der Waals surface area contributed by atoms with Crippen LogP contribution in [0.5, 0.6) is 0 Å². The fourth-order valence-corrected chi connectivity index (χ4v) is 3.22. The Bertz CT molecular complexity index is 1130. The Morgan fingerprint density at radius 1 is 1.24 bits per heavy atom. The molecule has 4 N–H and O–H groups in total. The van der Waals surface area contributed by atoms with E-state index in [1.807, 2.05) is 0 Å². The number of anilines is 2. The molecule has 0 aliphatic carbocycles. The summed E-state index contributed by atoms with van der Waals surface area (Å²) in [7, 11) is -3.77. The molecule has 0 saturated heterocycles. The van der Waals surface area contributed by atoms with E-state index in [0.717, 1.165) is 0 Å². The molecule has 1 aromatic carbocycles. The van der Waals surface area contributed by atoms with Crippen molar-refractivity contribution in [3.63, 3.8) is 0 Å². The molecule has 0 saturated carbocycles. The lowest BCUT2D eigenvalue weighted by Crippen LogP contribution is -2.29. The molecule has 0 radical (unpaired) electrons. The van der Waals surface area contributed by atoms with Crippen molar-refractivity contribution in [3.05, 3.63) is 47.9 Å². The third-order valence-electron chi connectivity index (χ3n) is 3.87. The minimum absolute atomic E-state index is 0.00406. The van der Waals surface area contributed by atoms with Crippen LogP contribution < -0.4 is 10.5 Å². The number of rotatable bonds is 6. The first-order chi connectivity index (χ1) is 13.4. The van der Waals surface area contributed by atoms with Crippen molar-refractivity contribution in [1.82, 2.24) is 19.7 Å². The molecule has 0 spiro atoms. The van der Waals surface area contributed by atoms with Gasteiger partial charge in [-0.15, -0.1) is 0 Å². The minimum atomic E-state index is -3.77.